The van der Waals surface area contributed by atoms with E-state index in [0.29, 0.717) is 12.1 Å². The van der Waals surface area contributed by atoms with Gasteiger partial charge in [0.05, 0.1) is 4.47 Å². The summed E-state index contributed by atoms with van der Waals surface area (Å²) in [5, 5.41) is 8.92. The van der Waals surface area contributed by atoms with Crippen LogP contribution in [0.3, 0.4) is 0 Å². The summed E-state index contributed by atoms with van der Waals surface area (Å²) < 4.78 is 52.4. The molecule has 1 aromatic carbocycles. The third kappa shape index (κ3) is 3.74. The lowest BCUT2D eigenvalue weighted by Crippen LogP contribution is -2.44. The Labute approximate surface area is 123 Å². The van der Waals surface area contributed by atoms with Gasteiger partial charge in [0.1, 0.15) is 22.6 Å². The smallest absolute Gasteiger partial charge is 0.322 e. The van der Waals surface area contributed by atoms with Gasteiger partial charge < -0.3 is 5.11 Å². The molecule has 0 aromatic heterocycles. The minimum Gasteiger partial charge on any atom is -0.480 e. The second-order valence-corrected chi connectivity index (χ2v) is 6.91. The fraction of sp³-hybridized carbons (Fsp3) is 0.364. The highest BCUT2D eigenvalue weighted by atomic mass is 79.9. The molecule has 2 N–H and O–H groups in total. The maximum Gasteiger partial charge on any atom is 0.322 e. The number of nitrogens with one attached hydrogen (secondary N) is 1. The molecule has 0 aliphatic heterocycles. The Balaban J connectivity index is 3.24. The summed E-state index contributed by atoms with van der Waals surface area (Å²) >= 11 is 2.72. The van der Waals surface area contributed by atoms with Crippen LogP contribution in [0.15, 0.2) is 21.5 Å². The minimum absolute atomic E-state index is 0.229. The number of rotatable bonds is 5. The van der Waals surface area contributed by atoms with E-state index in [0.717, 1.165) is 0 Å². The van der Waals surface area contributed by atoms with Crippen LogP contribution in [0, 0.1) is 17.6 Å². The predicted molar refractivity (Wildman–Crippen MR) is 70.6 cm³/mol. The molecule has 0 bridgehead atoms. The van der Waals surface area contributed by atoms with Crippen molar-refractivity contribution in [3.63, 3.8) is 0 Å². The molecular weight excluding hydrogens is 360 g/mol. The number of halogens is 3. The normalized spacial score (nSPS) is 13.5. The summed E-state index contributed by atoms with van der Waals surface area (Å²) in [5.41, 5.74) is 0. The first-order valence-electron chi connectivity index (χ1n) is 5.46. The van der Waals surface area contributed by atoms with Crippen LogP contribution in [0.4, 0.5) is 8.78 Å². The van der Waals surface area contributed by atoms with Gasteiger partial charge in [-0.2, -0.15) is 4.72 Å². The van der Waals surface area contributed by atoms with Crippen molar-refractivity contribution in [3.05, 3.63) is 28.2 Å². The molecule has 0 saturated carbocycles. The Bertz CT molecular complexity index is 634. The molecular formula is C11H12BrF2NO4S. The molecule has 0 amide bonds. The average molecular weight is 372 g/mol. The third-order valence-electron chi connectivity index (χ3n) is 2.48. The number of carboxylic acids is 1. The van der Waals surface area contributed by atoms with Gasteiger partial charge in [0, 0.05) is 0 Å². The molecule has 0 aliphatic rings. The highest BCUT2D eigenvalue weighted by molar-refractivity contribution is 9.10. The van der Waals surface area contributed by atoms with Gasteiger partial charge in [-0.3, -0.25) is 4.79 Å². The monoisotopic (exact) mass is 371 g/mol. The van der Waals surface area contributed by atoms with Crippen molar-refractivity contribution < 1.29 is 27.1 Å². The quantitative estimate of drug-likeness (QED) is 0.776. The van der Waals surface area contributed by atoms with E-state index in [1.807, 2.05) is 4.72 Å². The molecule has 0 saturated heterocycles. The van der Waals surface area contributed by atoms with Crippen LogP contribution in [-0.2, 0) is 14.8 Å². The Kier molecular flexibility index (Phi) is 5.22. The number of benzene rings is 1. The molecule has 5 nitrogen and oxygen atoms in total. The van der Waals surface area contributed by atoms with E-state index < -0.39 is 44.5 Å². The Morgan fingerprint density at radius 3 is 2.30 bits per heavy atom. The molecule has 112 valence electrons. The van der Waals surface area contributed by atoms with Crippen LogP contribution >= 0.6 is 15.9 Å². The van der Waals surface area contributed by atoms with Crippen LogP contribution in [0.1, 0.15) is 13.8 Å². The van der Waals surface area contributed by atoms with Crippen molar-refractivity contribution >= 4 is 31.9 Å². The number of aliphatic carboxylic acids is 1. The third-order valence-corrected chi connectivity index (χ3v) is 4.54. The highest BCUT2D eigenvalue weighted by Gasteiger charge is 2.30. The molecule has 9 heteroatoms. The summed E-state index contributed by atoms with van der Waals surface area (Å²) in [6.07, 6.45) is 0. The topological polar surface area (TPSA) is 83.5 Å². The van der Waals surface area contributed by atoms with Gasteiger partial charge in [0.15, 0.2) is 0 Å². The number of hydrogen-bond donors (Lipinski definition) is 2. The Morgan fingerprint density at radius 1 is 1.30 bits per heavy atom. The van der Waals surface area contributed by atoms with E-state index in [2.05, 4.69) is 15.9 Å². The summed E-state index contributed by atoms with van der Waals surface area (Å²) in [6, 6.07) is -0.290. The average Bonchev–Trinajstić information content (AvgIpc) is 2.30. The fourth-order valence-electron chi connectivity index (χ4n) is 1.41. The van der Waals surface area contributed by atoms with Crippen molar-refractivity contribution in [2.24, 2.45) is 5.92 Å². The number of carboxylic acid groups (broad SMARTS) is 1. The first kappa shape index (κ1) is 17.0. The number of sulfonamides is 1. The van der Waals surface area contributed by atoms with Gasteiger partial charge >= 0.3 is 5.97 Å². The van der Waals surface area contributed by atoms with Crippen molar-refractivity contribution in [1.29, 1.82) is 0 Å². The molecule has 20 heavy (non-hydrogen) atoms. The summed E-state index contributed by atoms with van der Waals surface area (Å²) in [7, 11) is -4.49. The minimum atomic E-state index is -4.49. The van der Waals surface area contributed by atoms with Crippen LogP contribution in [-0.4, -0.2) is 25.5 Å². The second-order valence-electron chi connectivity index (χ2n) is 4.38. The number of hydrogen-bond acceptors (Lipinski definition) is 3. The standard InChI is InChI=1S/C11H12BrF2NO4S/c1-5(2)10(11(16)17)15-20(18,19)9-4-7(13)6(12)3-8(9)14/h3-5,10,15H,1-2H3,(H,16,17). The van der Waals surface area contributed by atoms with E-state index in [-0.39, 0.29) is 4.47 Å². The SMILES string of the molecule is CC(C)C(NS(=O)(=O)c1cc(F)c(Br)cc1F)C(=O)O. The zero-order valence-electron chi connectivity index (χ0n) is 10.5. The van der Waals surface area contributed by atoms with Gasteiger partial charge in [-0.1, -0.05) is 13.8 Å². The van der Waals surface area contributed by atoms with E-state index in [1.165, 1.54) is 13.8 Å². The molecule has 1 atom stereocenters. The molecule has 0 radical (unpaired) electrons. The van der Waals surface area contributed by atoms with Gasteiger partial charge in [0.2, 0.25) is 10.0 Å². The first-order valence-corrected chi connectivity index (χ1v) is 7.73. The Morgan fingerprint density at radius 2 is 1.85 bits per heavy atom. The van der Waals surface area contributed by atoms with Crippen molar-refractivity contribution in [3.8, 4) is 0 Å². The molecule has 1 rings (SSSR count). The largest absolute Gasteiger partial charge is 0.480 e. The molecule has 0 spiro atoms. The zero-order valence-corrected chi connectivity index (χ0v) is 12.9. The molecule has 1 aromatic rings. The van der Waals surface area contributed by atoms with Crippen molar-refractivity contribution in [2.75, 3.05) is 0 Å². The van der Waals surface area contributed by atoms with E-state index >= 15 is 0 Å². The lowest BCUT2D eigenvalue weighted by molar-refractivity contribution is -0.140. The van der Waals surface area contributed by atoms with Gasteiger partial charge in [-0.25, -0.2) is 17.2 Å². The van der Waals surface area contributed by atoms with Crippen molar-refractivity contribution in [1.82, 2.24) is 4.72 Å². The van der Waals surface area contributed by atoms with Gasteiger partial charge in [0.25, 0.3) is 0 Å². The summed E-state index contributed by atoms with van der Waals surface area (Å²) in [4.78, 5) is 10.0. The second kappa shape index (κ2) is 6.15. The first-order chi connectivity index (χ1) is 9.06. The fourth-order valence-corrected chi connectivity index (χ4v) is 3.14. The zero-order chi connectivity index (χ0) is 15.7. The lowest BCUT2D eigenvalue weighted by atomic mass is 10.1. The molecule has 0 fully saturated rings. The number of carbonyl (C=O) groups is 1. The predicted octanol–water partition coefficient (Wildman–Crippen LogP) is 2.11. The van der Waals surface area contributed by atoms with Crippen molar-refractivity contribution in [2.45, 2.75) is 24.8 Å². The summed E-state index contributed by atoms with van der Waals surface area (Å²) in [6.45, 7) is 2.97. The maximum absolute atomic E-state index is 13.6. The summed E-state index contributed by atoms with van der Waals surface area (Å²) in [5.74, 6) is -4.12. The maximum atomic E-state index is 13.6. The van der Waals surface area contributed by atoms with Crippen LogP contribution < -0.4 is 4.72 Å². The molecule has 0 aliphatic carbocycles. The van der Waals surface area contributed by atoms with Gasteiger partial charge in [-0.15, -0.1) is 0 Å². The van der Waals surface area contributed by atoms with Crippen LogP contribution in [0.2, 0.25) is 0 Å². The van der Waals surface area contributed by atoms with E-state index in [9.17, 15) is 22.0 Å². The highest BCUT2D eigenvalue weighted by Crippen LogP contribution is 2.23. The molecule has 1 unspecified atom stereocenters. The van der Waals surface area contributed by atoms with Crippen LogP contribution in [0.25, 0.3) is 0 Å². The van der Waals surface area contributed by atoms with E-state index in [1.54, 1.807) is 0 Å². The van der Waals surface area contributed by atoms with Gasteiger partial charge in [-0.05, 0) is 34.0 Å². The van der Waals surface area contributed by atoms with E-state index in [4.69, 9.17) is 5.11 Å². The Hall–Kier alpha value is -1.06. The lowest BCUT2D eigenvalue weighted by Gasteiger charge is -2.18. The van der Waals surface area contributed by atoms with Crippen LogP contribution in [0.5, 0.6) is 0 Å². The molecule has 0 heterocycles.